The minimum absolute atomic E-state index is 0.0278. The van der Waals surface area contributed by atoms with Crippen molar-refractivity contribution in [1.82, 2.24) is 0 Å². The van der Waals surface area contributed by atoms with Crippen LogP contribution in [0.2, 0.25) is 0 Å². The van der Waals surface area contributed by atoms with E-state index in [-0.39, 0.29) is 35.6 Å². The summed E-state index contributed by atoms with van der Waals surface area (Å²) in [6.07, 6.45) is 2.94. The molecule has 3 aliphatic rings. The van der Waals surface area contributed by atoms with Gasteiger partial charge in [-0.1, -0.05) is 44.2 Å². The van der Waals surface area contributed by atoms with Gasteiger partial charge >= 0.3 is 0 Å². The number of carbonyl (C=O) groups excluding carboxylic acids is 1. The second-order valence-corrected chi connectivity index (χ2v) is 9.47. The SMILES string of the molecule is CC(C)[C@H]1CC[C@]2(C)C[C@H]1c1c(cc(O)c3c1OC(c1ccccc1)CC3=O)O2. The quantitative estimate of drug-likeness (QED) is 0.703. The Hall–Kier alpha value is -2.49. The minimum atomic E-state index is -0.337. The molecule has 4 heteroatoms. The van der Waals surface area contributed by atoms with Gasteiger partial charge < -0.3 is 14.6 Å². The van der Waals surface area contributed by atoms with Gasteiger partial charge in [0.05, 0.1) is 6.42 Å². The summed E-state index contributed by atoms with van der Waals surface area (Å²) in [5.41, 5.74) is 2.08. The number of ether oxygens (including phenoxy) is 2. The van der Waals surface area contributed by atoms with Crippen molar-refractivity contribution in [1.29, 1.82) is 0 Å². The van der Waals surface area contributed by atoms with Crippen LogP contribution in [0.25, 0.3) is 0 Å². The van der Waals surface area contributed by atoms with E-state index in [0.29, 0.717) is 28.9 Å². The van der Waals surface area contributed by atoms with Crippen LogP contribution in [-0.2, 0) is 0 Å². The van der Waals surface area contributed by atoms with Gasteiger partial charge in [0.2, 0.25) is 0 Å². The highest BCUT2D eigenvalue weighted by Gasteiger charge is 2.49. The number of phenolic OH excluding ortho intramolecular Hbond substituents is 1. The van der Waals surface area contributed by atoms with Crippen molar-refractivity contribution >= 4 is 5.78 Å². The highest BCUT2D eigenvalue weighted by atomic mass is 16.5. The van der Waals surface area contributed by atoms with E-state index in [1.807, 2.05) is 30.3 Å². The van der Waals surface area contributed by atoms with Gasteiger partial charge in [-0.2, -0.15) is 0 Å². The zero-order valence-corrected chi connectivity index (χ0v) is 17.3. The van der Waals surface area contributed by atoms with Crippen LogP contribution in [-0.4, -0.2) is 16.5 Å². The molecule has 1 fully saturated rings. The van der Waals surface area contributed by atoms with Crippen LogP contribution >= 0.6 is 0 Å². The van der Waals surface area contributed by atoms with Gasteiger partial charge in [-0.05, 0) is 49.5 Å². The fourth-order valence-corrected chi connectivity index (χ4v) is 5.64. The molecule has 2 bridgehead atoms. The van der Waals surface area contributed by atoms with Gasteiger partial charge in [0.25, 0.3) is 0 Å². The first-order chi connectivity index (χ1) is 13.9. The highest BCUT2D eigenvalue weighted by molar-refractivity contribution is 6.03. The number of aromatic hydroxyl groups is 1. The second-order valence-electron chi connectivity index (χ2n) is 9.47. The highest BCUT2D eigenvalue weighted by Crippen LogP contribution is 2.59. The van der Waals surface area contributed by atoms with Gasteiger partial charge in [-0.25, -0.2) is 0 Å². The first-order valence-corrected chi connectivity index (χ1v) is 10.7. The van der Waals surface area contributed by atoms with Crippen LogP contribution in [0.5, 0.6) is 17.2 Å². The van der Waals surface area contributed by atoms with Crippen molar-refractivity contribution in [3.63, 3.8) is 0 Å². The summed E-state index contributed by atoms with van der Waals surface area (Å²) < 4.78 is 12.8. The molecule has 5 rings (SSSR count). The molecule has 2 aromatic rings. The van der Waals surface area contributed by atoms with Gasteiger partial charge in [-0.15, -0.1) is 0 Å². The maximum absolute atomic E-state index is 13.0. The Bertz CT molecular complexity index is 965. The number of phenols is 1. The lowest BCUT2D eigenvalue weighted by Gasteiger charge is -2.49. The molecule has 2 aromatic carbocycles. The summed E-state index contributed by atoms with van der Waals surface area (Å²) in [5.74, 6) is 2.45. The summed E-state index contributed by atoms with van der Waals surface area (Å²) in [5, 5.41) is 10.7. The molecule has 29 heavy (non-hydrogen) atoms. The van der Waals surface area contributed by atoms with Gasteiger partial charge in [0.15, 0.2) is 5.78 Å². The van der Waals surface area contributed by atoms with Crippen molar-refractivity contribution in [3.8, 4) is 17.2 Å². The predicted octanol–water partition coefficient (Wildman–Crippen LogP) is 5.79. The second kappa shape index (κ2) is 6.51. The number of carbonyl (C=O) groups is 1. The van der Waals surface area contributed by atoms with Gasteiger partial charge in [0, 0.05) is 11.6 Å². The molecular weight excluding hydrogens is 364 g/mol. The number of hydrogen-bond acceptors (Lipinski definition) is 4. The molecule has 1 unspecified atom stereocenters. The van der Waals surface area contributed by atoms with Crippen molar-refractivity contribution in [2.24, 2.45) is 11.8 Å². The van der Waals surface area contributed by atoms with Crippen LogP contribution in [0.15, 0.2) is 36.4 Å². The van der Waals surface area contributed by atoms with Gasteiger partial charge in [-0.3, -0.25) is 4.79 Å². The van der Waals surface area contributed by atoms with E-state index in [4.69, 9.17) is 9.47 Å². The Morgan fingerprint density at radius 2 is 1.97 bits per heavy atom. The van der Waals surface area contributed by atoms with Crippen LogP contribution in [0.4, 0.5) is 0 Å². The third-order valence-electron chi connectivity index (χ3n) is 7.10. The summed E-state index contributed by atoms with van der Waals surface area (Å²) in [4.78, 5) is 13.0. The molecule has 0 aromatic heterocycles. The lowest BCUT2D eigenvalue weighted by atomic mass is 9.64. The molecule has 0 spiro atoms. The standard InChI is InChI=1S/C25H28O4/c1-14(2)16-9-10-25(3)13-17(16)22-21(29-25)12-19(27)23-18(26)11-20(28-24(22)23)15-7-5-4-6-8-15/h4-8,12,14,16-17,20,27H,9-11,13H2,1-3H3/t16-,17-,20?,25-/m1/s1. The number of ketones is 1. The molecule has 1 N–H and O–H groups in total. The first-order valence-electron chi connectivity index (χ1n) is 10.7. The van der Waals surface area contributed by atoms with E-state index < -0.39 is 0 Å². The van der Waals surface area contributed by atoms with Crippen molar-refractivity contribution in [3.05, 3.63) is 53.1 Å². The predicted molar refractivity (Wildman–Crippen MR) is 111 cm³/mol. The minimum Gasteiger partial charge on any atom is -0.507 e. The summed E-state index contributed by atoms with van der Waals surface area (Å²) in [6, 6.07) is 11.5. The molecule has 2 heterocycles. The Morgan fingerprint density at radius 1 is 1.21 bits per heavy atom. The maximum atomic E-state index is 13.0. The Kier molecular flexibility index (Phi) is 4.16. The average molecular weight is 392 g/mol. The van der Waals surface area contributed by atoms with E-state index in [9.17, 15) is 9.90 Å². The smallest absolute Gasteiger partial charge is 0.174 e. The summed E-state index contributed by atoms with van der Waals surface area (Å²) in [6.45, 7) is 6.71. The number of rotatable bonds is 2. The topological polar surface area (TPSA) is 55.8 Å². The molecular formula is C25H28O4. The third-order valence-corrected chi connectivity index (χ3v) is 7.10. The molecule has 4 nitrogen and oxygen atoms in total. The molecule has 0 saturated heterocycles. The van der Waals surface area contributed by atoms with E-state index >= 15 is 0 Å². The van der Waals surface area contributed by atoms with Crippen molar-refractivity contribution < 1.29 is 19.4 Å². The van der Waals surface area contributed by atoms with E-state index in [2.05, 4.69) is 20.8 Å². The summed E-state index contributed by atoms with van der Waals surface area (Å²) >= 11 is 0. The van der Waals surface area contributed by atoms with Gasteiger partial charge in [0.1, 0.15) is 34.5 Å². The molecule has 2 aliphatic heterocycles. The van der Waals surface area contributed by atoms with Crippen LogP contribution in [0, 0.1) is 11.8 Å². The zero-order valence-electron chi connectivity index (χ0n) is 17.3. The van der Waals surface area contributed by atoms with Crippen LogP contribution in [0.1, 0.15) is 80.0 Å². The maximum Gasteiger partial charge on any atom is 0.174 e. The molecule has 0 radical (unpaired) electrons. The Balaban J connectivity index is 1.67. The lowest BCUT2D eigenvalue weighted by Crippen LogP contribution is -2.45. The van der Waals surface area contributed by atoms with Crippen molar-refractivity contribution in [2.75, 3.05) is 0 Å². The third kappa shape index (κ3) is 2.92. The zero-order chi connectivity index (χ0) is 20.3. The van der Waals surface area contributed by atoms with E-state index in [1.54, 1.807) is 6.07 Å². The first kappa shape index (κ1) is 18.5. The van der Waals surface area contributed by atoms with E-state index in [0.717, 1.165) is 30.4 Å². The lowest BCUT2D eigenvalue weighted by molar-refractivity contribution is -0.00991. The molecule has 0 amide bonds. The normalized spacial score (nSPS) is 30.2. The van der Waals surface area contributed by atoms with Crippen molar-refractivity contribution in [2.45, 2.75) is 64.1 Å². The summed E-state index contributed by atoms with van der Waals surface area (Å²) in [7, 11) is 0. The fraction of sp³-hybridized carbons (Fsp3) is 0.480. The number of benzene rings is 2. The monoisotopic (exact) mass is 392 g/mol. The van der Waals surface area contributed by atoms with E-state index in [1.165, 1.54) is 0 Å². The van der Waals surface area contributed by atoms with Crippen LogP contribution < -0.4 is 9.47 Å². The fourth-order valence-electron chi connectivity index (χ4n) is 5.64. The number of hydrogen-bond donors (Lipinski definition) is 1. The average Bonchev–Trinajstić information content (AvgIpc) is 2.67. The number of fused-ring (bicyclic) bond motifs is 6. The Morgan fingerprint density at radius 3 is 2.69 bits per heavy atom. The molecule has 1 aliphatic carbocycles. The Labute approximate surface area is 171 Å². The largest absolute Gasteiger partial charge is 0.507 e. The molecule has 152 valence electrons. The van der Waals surface area contributed by atoms with Crippen LogP contribution in [0.3, 0.4) is 0 Å². The molecule has 4 atom stereocenters. The number of Topliss-reactive ketones (excluding diaryl/α,β-unsaturated/α-hetero) is 1. The molecule has 1 saturated carbocycles.